The van der Waals surface area contributed by atoms with Gasteiger partial charge in [0, 0.05) is 17.8 Å². The Labute approximate surface area is 119 Å². The Morgan fingerprint density at radius 1 is 1.20 bits per heavy atom. The third-order valence-electron chi connectivity index (χ3n) is 3.03. The minimum atomic E-state index is 0.0576. The average Bonchev–Trinajstić information content (AvgIpc) is 2.47. The van der Waals surface area contributed by atoms with E-state index in [0.717, 1.165) is 5.56 Å². The lowest BCUT2D eigenvalue weighted by Crippen LogP contribution is -1.93. The molecule has 0 bridgehead atoms. The molecule has 1 N–H and O–H groups in total. The number of hydrogen-bond acceptors (Lipinski definition) is 3. The number of phenolic OH excluding ortho intramolecular Hbond substituents is 1. The minimum Gasteiger partial charge on any atom is -0.507 e. The number of nitrogens with zero attached hydrogens (tertiary/aromatic N) is 1. The summed E-state index contributed by atoms with van der Waals surface area (Å²) >= 11 is 0. The van der Waals surface area contributed by atoms with Crippen LogP contribution in [0.3, 0.4) is 0 Å². The van der Waals surface area contributed by atoms with Crippen molar-refractivity contribution in [2.45, 2.75) is 19.9 Å². The van der Waals surface area contributed by atoms with E-state index in [0.29, 0.717) is 17.9 Å². The summed E-state index contributed by atoms with van der Waals surface area (Å²) in [5.41, 5.74) is 1.84. The highest BCUT2D eigenvalue weighted by Gasteiger charge is 2.03. The highest BCUT2D eigenvalue weighted by atomic mass is 16.5. The first kappa shape index (κ1) is 14.1. The van der Waals surface area contributed by atoms with Crippen LogP contribution in [0.4, 0.5) is 0 Å². The molecule has 0 radical (unpaired) electrons. The van der Waals surface area contributed by atoms with Crippen molar-refractivity contribution >= 4 is 6.21 Å². The number of phenols is 1. The highest BCUT2D eigenvalue weighted by molar-refractivity contribution is 5.83. The largest absolute Gasteiger partial charge is 0.507 e. The van der Waals surface area contributed by atoms with Crippen molar-refractivity contribution < 1.29 is 9.84 Å². The van der Waals surface area contributed by atoms with Crippen molar-refractivity contribution in [3.63, 3.8) is 0 Å². The zero-order chi connectivity index (χ0) is 14.4. The Hall–Kier alpha value is -2.29. The van der Waals surface area contributed by atoms with Crippen LogP contribution >= 0.6 is 0 Å². The zero-order valence-corrected chi connectivity index (χ0v) is 11.8. The maximum Gasteiger partial charge on any atom is 0.128 e. The number of hydrogen-bond donors (Lipinski definition) is 1. The van der Waals surface area contributed by atoms with Crippen molar-refractivity contribution in [3.05, 3.63) is 59.7 Å². The fourth-order valence-corrected chi connectivity index (χ4v) is 1.90. The molecule has 0 aliphatic carbocycles. The van der Waals surface area contributed by atoms with Gasteiger partial charge in [-0.1, -0.05) is 30.3 Å². The molecule has 0 unspecified atom stereocenters. The van der Waals surface area contributed by atoms with E-state index in [2.05, 4.69) is 4.99 Å². The van der Waals surface area contributed by atoms with Crippen LogP contribution in [-0.2, 0) is 0 Å². The van der Waals surface area contributed by atoms with Crippen molar-refractivity contribution in [1.82, 2.24) is 0 Å². The molecule has 0 amide bonds. The van der Waals surface area contributed by atoms with E-state index in [1.54, 1.807) is 12.3 Å². The van der Waals surface area contributed by atoms with Crippen molar-refractivity contribution in [2.75, 3.05) is 6.61 Å². The summed E-state index contributed by atoms with van der Waals surface area (Å²) in [6.45, 7) is 4.52. The standard InChI is InChI=1S/C17H19NO2/c1-3-20-16-10-9-15(17(19)11-16)12-18-13(2)14-7-5-4-6-8-14/h4-13,19H,3H2,1-2H3/t13-/m1/s1. The van der Waals surface area contributed by atoms with Crippen LogP contribution in [0.2, 0.25) is 0 Å². The normalized spacial score (nSPS) is 12.5. The van der Waals surface area contributed by atoms with Gasteiger partial charge in [-0.25, -0.2) is 0 Å². The van der Waals surface area contributed by atoms with Gasteiger partial charge in [0.05, 0.1) is 12.6 Å². The monoisotopic (exact) mass is 269 g/mol. The minimum absolute atomic E-state index is 0.0576. The molecule has 0 saturated heterocycles. The Balaban J connectivity index is 2.11. The van der Waals surface area contributed by atoms with Crippen LogP contribution in [0.5, 0.6) is 11.5 Å². The summed E-state index contributed by atoms with van der Waals surface area (Å²) in [6, 6.07) is 15.4. The third kappa shape index (κ3) is 3.60. The summed E-state index contributed by atoms with van der Waals surface area (Å²) in [5, 5.41) is 9.93. The predicted molar refractivity (Wildman–Crippen MR) is 81.7 cm³/mol. The van der Waals surface area contributed by atoms with Crippen LogP contribution in [0.1, 0.15) is 31.0 Å². The quantitative estimate of drug-likeness (QED) is 0.834. The van der Waals surface area contributed by atoms with E-state index in [9.17, 15) is 5.11 Å². The van der Waals surface area contributed by atoms with E-state index < -0.39 is 0 Å². The SMILES string of the molecule is CCOc1ccc(C=N[C@H](C)c2ccccc2)c(O)c1. The number of benzene rings is 2. The molecule has 0 aliphatic rings. The molecule has 0 saturated carbocycles. The molecule has 104 valence electrons. The summed E-state index contributed by atoms with van der Waals surface area (Å²) < 4.78 is 5.33. The molecular weight excluding hydrogens is 250 g/mol. The van der Waals surface area contributed by atoms with Gasteiger partial charge in [0.1, 0.15) is 11.5 Å². The number of ether oxygens (including phenoxy) is 1. The zero-order valence-electron chi connectivity index (χ0n) is 11.8. The van der Waals surface area contributed by atoms with Gasteiger partial charge in [0.25, 0.3) is 0 Å². The average molecular weight is 269 g/mol. The number of aromatic hydroxyl groups is 1. The first-order chi connectivity index (χ1) is 9.70. The first-order valence-corrected chi connectivity index (χ1v) is 6.74. The number of rotatable bonds is 5. The summed E-state index contributed by atoms with van der Waals surface area (Å²) in [7, 11) is 0. The lowest BCUT2D eigenvalue weighted by atomic mass is 10.1. The maximum atomic E-state index is 9.93. The molecule has 0 heterocycles. The van der Waals surface area contributed by atoms with Crippen molar-refractivity contribution in [3.8, 4) is 11.5 Å². The van der Waals surface area contributed by atoms with Gasteiger partial charge in [0.2, 0.25) is 0 Å². The van der Waals surface area contributed by atoms with Crippen LogP contribution in [0.15, 0.2) is 53.5 Å². The Morgan fingerprint density at radius 3 is 2.60 bits per heavy atom. The second-order valence-corrected chi connectivity index (χ2v) is 4.52. The van der Waals surface area contributed by atoms with E-state index in [-0.39, 0.29) is 11.8 Å². The maximum absolute atomic E-state index is 9.93. The lowest BCUT2D eigenvalue weighted by molar-refractivity contribution is 0.337. The lowest BCUT2D eigenvalue weighted by Gasteiger charge is -2.07. The molecule has 0 aromatic heterocycles. The predicted octanol–water partition coefficient (Wildman–Crippen LogP) is 3.97. The summed E-state index contributed by atoms with van der Waals surface area (Å²) in [4.78, 5) is 4.48. The fourth-order valence-electron chi connectivity index (χ4n) is 1.90. The molecular formula is C17H19NO2. The van der Waals surface area contributed by atoms with E-state index in [1.807, 2.05) is 56.3 Å². The second-order valence-electron chi connectivity index (χ2n) is 4.52. The van der Waals surface area contributed by atoms with Gasteiger partial charge in [0.15, 0.2) is 0 Å². The Kier molecular flexibility index (Phi) is 4.77. The second kappa shape index (κ2) is 6.75. The van der Waals surface area contributed by atoms with Gasteiger partial charge in [-0.15, -0.1) is 0 Å². The molecule has 0 spiro atoms. The summed E-state index contributed by atoms with van der Waals surface area (Å²) in [5.74, 6) is 0.846. The highest BCUT2D eigenvalue weighted by Crippen LogP contribution is 2.23. The van der Waals surface area contributed by atoms with E-state index in [1.165, 1.54) is 0 Å². The molecule has 0 aliphatic heterocycles. The molecule has 0 fully saturated rings. The first-order valence-electron chi connectivity index (χ1n) is 6.74. The van der Waals surface area contributed by atoms with Gasteiger partial charge in [-0.3, -0.25) is 4.99 Å². The Bertz CT molecular complexity index is 579. The van der Waals surface area contributed by atoms with Crippen molar-refractivity contribution in [1.29, 1.82) is 0 Å². The van der Waals surface area contributed by atoms with Crippen LogP contribution in [-0.4, -0.2) is 17.9 Å². The van der Waals surface area contributed by atoms with E-state index in [4.69, 9.17) is 4.74 Å². The topological polar surface area (TPSA) is 41.8 Å². The Morgan fingerprint density at radius 2 is 1.95 bits per heavy atom. The smallest absolute Gasteiger partial charge is 0.128 e. The van der Waals surface area contributed by atoms with Crippen molar-refractivity contribution in [2.24, 2.45) is 4.99 Å². The molecule has 2 aromatic carbocycles. The van der Waals surface area contributed by atoms with Gasteiger partial charge < -0.3 is 9.84 Å². The van der Waals surface area contributed by atoms with Gasteiger partial charge in [-0.2, -0.15) is 0 Å². The van der Waals surface area contributed by atoms with Crippen LogP contribution < -0.4 is 4.74 Å². The number of aliphatic imine (C=N–C) groups is 1. The van der Waals surface area contributed by atoms with Gasteiger partial charge in [-0.05, 0) is 31.5 Å². The summed E-state index contributed by atoms with van der Waals surface area (Å²) in [6.07, 6.45) is 1.70. The van der Waals surface area contributed by atoms with Crippen LogP contribution in [0.25, 0.3) is 0 Å². The fraction of sp³-hybridized carbons (Fsp3) is 0.235. The van der Waals surface area contributed by atoms with Crippen LogP contribution in [0, 0.1) is 0 Å². The molecule has 2 rings (SSSR count). The molecule has 2 aromatic rings. The van der Waals surface area contributed by atoms with Gasteiger partial charge >= 0.3 is 0 Å². The molecule has 1 atom stereocenters. The van der Waals surface area contributed by atoms with E-state index >= 15 is 0 Å². The third-order valence-corrected chi connectivity index (χ3v) is 3.03. The molecule has 20 heavy (non-hydrogen) atoms. The molecule has 3 heteroatoms. The molecule has 3 nitrogen and oxygen atoms in total.